The molecule has 1 aromatic rings. The highest BCUT2D eigenvalue weighted by Gasteiger charge is 2.14. The molecule has 1 fully saturated rings. The molecule has 1 saturated heterocycles. The molecule has 0 saturated carbocycles. The highest BCUT2D eigenvalue weighted by atomic mass is 35.5. The van der Waals surface area contributed by atoms with E-state index in [4.69, 9.17) is 0 Å². The van der Waals surface area contributed by atoms with Crippen LogP contribution in [0.2, 0.25) is 0 Å². The van der Waals surface area contributed by atoms with Gasteiger partial charge in [0.1, 0.15) is 0 Å². The normalized spacial score (nSPS) is 17.4. The number of piperidine rings is 1. The third-order valence-corrected chi connectivity index (χ3v) is 2.50. The first-order valence-electron chi connectivity index (χ1n) is 4.61. The summed E-state index contributed by atoms with van der Waals surface area (Å²) in [6.07, 6.45) is 5.74. The Balaban J connectivity index is 0.000000980. The first-order chi connectivity index (χ1) is 6.36. The van der Waals surface area contributed by atoms with Gasteiger partial charge in [0.15, 0.2) is 0 Å². The van der Waals surface area contributed by atoms with Crippen molar-refractivity contribution in [2.75, 3.05) is 13.1 Å². The van der Waals surface area contributed by atoms with E-state index in [0.717, 1.165) is 31.5 Å². The minimum atomic E-state index is -0.266. The van der Waals surface area contributed by atoms with Crippen molar-refractivity contribution in [3.05, 3.63) is 28.4 Å². The fourth-order valence-electron chi connectivity index (χ4n) is 1.73. The molecular weight excluding hydrogens is 202 g/mol. The number of H-pyrrole nitrogens is 1. The lowest BCUT2D eigenvalue weighted by Crippen LogP contribution is -2.27. The molecule has 1 aliphatic heterocycles. The molecule has 0 bridgehead atoms. The van der Waals surface area contributed by atoms with E-state index in [0.29, 0.717) is 5.92 Å². The zero-order valence-electron chi connectivity index (χ0n) is 7.82. The molecule has 0 atom stereocenters. The molecule has 0 radical (unpaired) electrons. The van der Waals surface area contributed by atoms with Gasteiger partial charge < -0.3 is 10.3 Å². The molecular formula is C9H14ClN3O. The van der Waals surface area contributed by atoms with Crippen LogP contribution in [0.4, 0.5) is 0 Å². The lowest BCUT2D eigenvalue weighted by atomic mass is 9.92. The summed E-state index contributed by atoms with van der Waals surface area (Å²) >= 11 is 0. The van der Waals surface area contributed by atoms with E-state index in [1.165, 1.54) is 0 Å². The summed E-state index contributed by atoms with van der Waals surface area (Å²) in [4.78, 5) is 17.1. The molecule has 2 N–H and O–H groups in total. The predicted molar refractivity (Wildman–Crippen MR) is 57.0 cm³/mol. The van der Waals surface area contributed by atoms with Gasteiger partial charge in [0, 0.05) is 12.4 Å². The van der Waals surface area contributed by atoms with Gasteiger partial charge in [-0.05, 0) is 37.4 Å². The Labute approximate surface area is 88.6 Å². The van der Waals surface area contributed by atoms with Crippen molar-refractivity contribution in [1.29, 1.82) is 0 Å². The second-order valence-corrected chi connectivity index (χ2v) is 3.38. The Bertz CT molecular complexity index is 313. The first kappa shape index (κ1) is 11.2. The fourth-order valence-corrected chi connectivity index (χ4v) is 1.73. The second kappa shape index (κ2) is 5.12. The summed E-state index contributed by atoms with van der Waals surface area (Å²) in [5, 5.41) is 3.30. The molecule has 1 aromatic heterocycles. The fraction of sp³-hybridized carbons (Fsp3) is 0.556. The van der Waals surface area contributed by atoms with E-state index < -0.39 is 0 Å². The topological polar surface area (TPSA) is 57.8 Å². The maximum atomic E-state index is 10.7. The van der Waals surface area contributed by atoms with Crippen molar-refractivity contribution < 1.29 is 0 Å². The van der Waals surface area contributed by atoms with Gasteiger partial charge in [-0.3, -0.25) is 0 Å². The molecule has 0 aromatic carbocycles. The standard InChI is InChI=1S/C9H13N3O.ClH/c13-9-11-5-8(6-12-9)7-1-3-10-4-2-7;/h5-7,10H,1-4H2,(H,11,12,13);1H. The zero-order chi connectivity index (χ0) is 9.10. The number of aromatic amines is 1. The van der Waals surface area contributed by atoms with Gasteiger partial charge in [-0.15, -0.1) is 12.4 Å². The van der Waals surface area contributed by atoms with Gasteiger partial charge in [-0.25, -0.2) is 9.78 Å². The van der Waals surface area contributed by atoms with E-state index in [1.807, 2.05) is 0 Å². The lowest BCUT2D eigenvalue weighted by molar-refractivity contribution is 0.458. The van der Waals surface area contributed by atoms with Crippen LogP contribution in [-0.2, 0) is 0 Å². The van der Waals surface area contributed by atoms with Gasteiger partial charge in [0.2, 0.25) is 0 Å². The van der Waals surface area contributed by atoms with Crippen LogP contribution in [0.5, 0.6) is 0 Å². The SMILES string of the molecule is Cl.O=c1ncc(C2CCNCC2)c[nH]1. The predicted octanol–water partition coefficient (Wildman–Crippen LogP) is 0.659. The van der Waals surface area contributed by atoms with Crippen molar-refractivity contribution in [3.63, 3.8) is 0 Å². The van der Waals surface area contributed by atoms with Crippen LogP contribution in [0.25, 0.3) is 0 Å². The van der Waals surface area contributed by atoms with Crippen molar-refractivity contribution in [3.8, 4) is 0 Å². The average Bonchev–Trinajstić information content (AvgIpc) is 2.20. The van der Waals surface area contributed by atoms with Gasteiger partial charge in [-0.1, -0.05) is 0 Å². The van der Waals surface area contributed by atoms with Crippen LogP contribution in [0.1, 0.15) is 24.3 Å². The zero-order valence-corrected chi connectivity index (χ0v) is 8.64. The van der Waals surface area contributed by atoms with Crippen molar-refractivity contribution >= 4 is 12.4 Å². The highest BCUT2D eigenvalue weighted by Crippen LogP contribution is 2.22. The molecule has 1 aliphatic rings. The summed E-state index contributed by atoms with van der Waals surface area (Å²) < 4.78 is 0. The summed E-state index contributed by atoms with van der Waals surface area (Å²) in [5.41, 5.74) is 0.888. The Hall–Kier alpha value is -0.870. The third kappa shape index (κ3) is 2.56. The molecule has 2 rings (SSSR count). The molecule has 0 spiro atoms. The van der Waals surface area contributed by atoms with Gasteiger partial charge in [-0.2, -0.15) is 0 Å². The van der Waals surface area contributed by atoms with Crippen molar-refractivity contribution in [2.24, 2.45) is 0 Å². The van der Waals surface area contributed by atoms with E-state index in [2.05, 4.69) is 15.3 Å². The van der Waals surface area contributed by atoms with E-state index in [-0.39, 0.29) is 18.1 Å². The van der Waals surface area contributed by atoms with Crippen LogP contribution in [0.3, 0.4) is 0 Å². The quantitative estimate of drug-likeness (QED) is 0.724. The number of aromatic nitrogens is 2. The van der Waals surface area contributed by atoms with E-state index in [9.17, 15) is 4.79 Å². The van der Waals surface area contributed by atoms with Gasteiger partial charge >= 0.3 is 5.69 Å². The maximum Gasteiger partial charge on any atom is 0.344 e. The number of hydrogen-bond acceptors (Lipinski definition) is 3. The molecule has 14 heavy (non-hydrogen) atoms. The molecule has 2 heterocycles. The Morgan fingerprint density at radius 2 is 2.07 bits per heavy atom. The summed E-state index contributed by atoms with van der Waals surface area (Å²) in [6, 6.07) is 0. The number of hydrogen-bond donors (Lipinski definition) is 2. The largest absolute Gasteiger partial charge is 0.344 e. The van der Waals surface area contributed by atoms with Crippen LogP contribution >= 0.6 is 12.4 Å². The van der Waals surface area contributed by atoms with Crippen LogP contribution in [0, 0.1) is 0 Å². The molecule has 78 valence electrons. The van der Waals surface area contributed by atoms with Crippen LogP contribution < -0.4 is 11.0 Å². The minimum absolute atomic E-state index is 0. The Morgan fingerprint density at radius 1 is 1.36 bits per heavy atom. The minimum Gasteiger partial charge on any atom is -0.317 e. The summed E-state index contributed by atoms with van der Waals surface area (Å²) in [7, 11) is 0. The monoisotopic (exact) mass is 215 g/mol. The summed E-state index contributed by atoms with van der Waals surface area (Å²) in [5.74, 6) is 0.561. The first-order valence-corrected chi connectivity index (χ1v) is 4.61. The van der Waals surface area contributed by atoms with Crippen LogP contribution in [0.15, 0.2) is 17.2 Å². The van der Waals surface area contributed by atoms with Gasteiger partial charge in [0.25, 0.3) is 0 Å². The van der Waals surface area contributed by atoms with Crippen molar-refractivity contribution in [2.45, 2.75) is 18.8 Å². The number of halogens is 1. The molecule has 0 amide bonds. The molecule has 0 unspecified atom stereocenters. The maximum absolute atomic E-state index is 10.7. The lowest BCUT2D eigenvalue weighted by Gasteiger charge is -2.22. The highest BCUT2D eigenvalue weighted by molar-refractivity contribution is 5.85. The molecule has 5 heteroatoms. The number of nitrogens with one attached hydrogen (secondary N) is 2. The molecule has 0 aliphatic carbocycles. The number of rotatable bonds is 1. The van der Waals surface area contributed by atoms with Crippen LogP contribution in [-0.4, -0.2) is 23.1 Å². The third-order valence-electron chi connectivity index (χ3n) is 2.50. The van der Waals surface area contributed by atoms with Crippen molar-refractivity contribution in [1.82, 2.24) is 15.3 Å². The van der Waals surface area contributed by atoms with E-state index >= 15 is 0 Å². The number of nitrogens with zero attached hydrogens (tertiary/aromatic N) is 1. The van der Waals surface area contributed by atoms with Gasteiger partial charge in [0.05, 0.1) is 0 Å². The summed E-state index contributed by atoms with van der Waals surface area (Å²) in [6.45, 7) is 2.12. The Morgan fingerprint density at radius 3 is 2.64 bits per heavy atom. The van der Waals surface area contributed by atoms with E-state index in [1.54, 1.807) is 12.4 Å². The smallest absolute Gasteiger partial charge is 0.317 e. The molecule has 4 nitrogen and oxygen atoms in total. The Kier molecular flexibility index (Phi) is 4.10. The second-order valence-electron chi connectivity index (χ2n) is 3.38. The average molecular weight is 216 g/mol.